The normalized spacial score (nSPS) is 17.0. The molecule has 15 nitrogen and oxygen atoms in total. The fourth-order valence-electron chi connectivity index (χ4n) is 10.3. The van der Waals surface area contributed by atoms with Crippen LogP contribution in [0.15, 0.2) is 41.9 Å². The van der Waals surface area contributed by atoms with Crippen molar-refractivity contribution in [3.05, 3.63) is 52.5 Å². The number of Topliss-reactive ketones (excluding diaryl/α,β-unsaturated/α-hetero) is 3. The highest BCUT2D eigenvalue weighted by molar-refractivity contribution is 7.09. The third kappa shape index (κ3) is 18.6. The average molecular weight is 998 g/mol. The summed E-state index contributed by atoms with van der Waals surface area (Å²) in [6.07, 6.45) is 7.65. The number of rotatable bonds is 35. The molecule has 0 aliphatic carbocycles. The average Bonchev–Trinajstić information content (AvgIpc) is 4.05. The van der Waals surface area contributed by atoms with Gasteiger partial charge in [-0.2, -0.15) is 5.48 Å². The molecule has 3 rings (SSSR count). The van der Waals surface area contributed by atoms with Gasteiger partial charge in [0.1, 0.15) is 11.6 Å². The molecule has 70 heavy (non-hydrogen) atoms. The van der Waals surface area contributed by atoms with Crippen LogP contribution in [-0.4, -0.2) is 145 Å². The summed E-state index contributed by atoms with van der Waals surface area (Å²) in [7, 11) is 6.56. The van der Waals surface area contributed by atoms with Crippen molar-refractivity contribution < 1.29 is 48.2 Å². The van der Waals surface area contributed by atoms with Gasteiger partial charge in [0.2, 0.25) is 17.7 Å². The van der Waals surface area contributed by atoms with E-state index in [0.29, 0.717) is 51.9 Å². The van der Waals surface area contributed by atoms with Crippen LogP contribution in [0.1, 0.15) is 142 Å². The van der Waals surface area contributed by atoms with Crippen LogP contribution in [0.2, 0.25) is 0 Å². The molecule has 1 fully saturated rings. The van der Waals surface area contributed by atoms with E-state index in [1.165, 1.54) is 4.90 Å². The quantitative estimate of drug-likeness (QED) is 0.0502. The number of carbonyl (C=O) groups is 6. The second kappa shape index (κ2) is 31.5. The summed E-state index contributed by atoms with van der Waals surface area (Å²) in [5.41, 5.74) is 3.03. The Hall–Kier alpha value is -3.93. The van der Waals surface area contributed by atoms with Gasteiger partial charge in [-0.1, -0.05) is 91.6 Å². The molecule has 1 aliphatic heterocycles. The van der Waals surface area contributed by atoms with Crippen LogP contribution in [-0.2, 0) is 49.4 Å². The second-order valence-electron chi connectivity index (χ2n) is 20.3. The Kier molecular flexibility index (Phi) is 27.2. The lowest BCUT2D eigenvalue weighted by Crippen LogP contribution is -2.54. The third-order valence-electron chi connectivity index (χ3n) is 14.1. The van der Waals surface area contributed by atoms with Crippen LogP contribution in [0.4, 0.5) is 0 Å². The number of amides is 3. The van der Waals surface area contributed by atoms with Gasteiger partial charge in [0.15, 0.2) is 5.78 Å². The van der Waals surface area contributed by atoms with Gasteiger partial charge in [0.25, 0.3) is 0 Å². The van der Waals surface area contributed by atoms with Gasteiger partial charge in [-0.25, -0.2) is 4.98 Å². The molecule has 2 heterocycles. The van der Waals surface area contributed by atoms with E-state index in [1.807, 2.05) is 82.4 Å². The van der Waals surface area contributed by atoms with Gasteiger partial charge >= 0.3 is 0 Å². The molecule has 0 bridgehead atoms. The number of aromatic nitrogens is 1. The van der Waals surface area contributed by atoms with E-state index < -0.39 is 36.1 Å². The topological polar surface area (TPSA) is 185 Å². The fraction of sp³-hybridized carbons (Fsp3) is 0.722. The summed E-state index contributed by atoms with van der Waals surface area (Å²) in [4.78, 5) is 91.9. The van der Waals surface area contributed by atoms with Crippen molar-refractivity contribution in [3.8, 4) is 0 Å². The molecule has 1 aromatic heterocycles. The molecule has 2 N–H and O–H groups in total. The minimum atomic E-state index is -0.714. The smallest absolute Gasteiger partial charge is 0.226 e. The number of methoxy groups -OCH3 is 2. The van der Waals surface area contributed by atoms with Crippen LogP contribution in [0.5, 0.6) is 0 Å². The zero-order valence-electron chi connectivity index (χ0n) is 44.2. The van der Waals surface area contributed by atoms with E-state index >= 15 is 0 Å². The molecule has 1 saturated heterocycles. The number of hydroxylamine groups is 1. The van der Waals surface area contributed by atoms with Crippen molar-refractivity contribution in [3.63, 3.8) is 0 Å². The Balaban J connectivity index is 1.63. The number of carbonyl (C=O) groups excluding carboxylic acids is 6. The largest absolute Gasteiger partial charge is 0.381 e. The highest BCUT2D eigenvalue weighted by Gasteiger charge is 2.43. The predicted octanol–water partition coefficient (Wildman–Crippen LogP) is 7.97. The number of ketones is 3. The van der Waals surface area contributed by atoms with Crippen molar-refractivity contribution >= 4 is 46.4 Å². The van der Waals surface area contributed by atoms with Crippen LogP contribution in [0.3, 0.4) is 0 Å². The van der Waals surface area contributed by atoms with Crippen LogP contribution in [0.25, 0.3) is 0 Å². The Morgan fingerprint density at radius 2 is 1.50 bits per heavy atom. The van der Waals surface area contributed by atoms with Crippen LogP contribution >= 0.6 is 11.3 Å². The molecule has 0 radical (unpaired) electrons. The Morgan fingerprint density at radius 1 is 0.814 bits per heavy atom. The van der Waals surface area contributed by atoms with Gasteiger partial charge in [0, 0.05) is 103 Å². The van der Waals surface area contributed by atoms with E-state index in [-0.39, 0.29) is 90.6 Å². The van der Waals surface area contributed by atoms with E-state index in [2.05, 4.69) is 17.1 Å². The van der Waals surface area contributed by atoms with Gasteiger partial charge in [-0.05, 0) is 61.8 Å². The minimum absolute atomic E-state index is 0.0161. The molecule has 0 unspecified atom stereocenters. The summed E-state index contributed by atoms with van der Waals surface area (Å²) in [5, 5.41) is 11.5. The summed E-state index contributed by atoms with van der Waals surface area (Å²) < 4.78 is 17.9. The lowest BCUT2D eigenvalue weighted by Gasteiger charge is -2.40. The van der Waals surface area contributed by atoms with Gasteiger partial charge in [-0.15, -0.1) is 11.3 Å². The van der Waals surface area contributed by atoms with Crippen molar-refractivity contribution in [1.29, 1.82) is 0 Å². The molecule has 3 amide bonds. The minimum Gasteiger partial charge on any atom is -0.381 e. The number of nitrogens with zero attached hydrogens (tertiary/aromatic N) is 4. The summed E-state index contributed by atoms with van der Waals surface area (Å²) in [6, 6.07) is 8.60. The SMILES string of the molecule is CO[C@H]([C@@H](C)C(=O)C[C@@H](Cc1ccccc1)c1nccs1)[C@@H]1CCCN1C(=O)C[C@@H](OC)[C@H](C(C)C)N(C)C(=O)[C@@H](CC(=O)[C@H](C(C)C)N(C)C(=O)CCCOCCCCCCC(=O)CNO)C(C)C. The first kappa shape index (κ1) is 60.4. The maximum Gasteiger partial charge on any atom is 0.226 e. The number of ether oxygens (including phenoxy) is 3. The van der Waals surface area contributed by atoms with E-state index in [0.717, 1.165) is 42.7 Å². The van der Waals surface area contributed by atoms with Crippen molar-refractivity contribution in [2.45, 2.75) is 168 Å². The second-order valence-corrected chi connectivity index (χ2v) is 21.3. The molecular formula is C54H87N5O10S. The zero-order valence-corrected chi connectivity index (χ0v) is 45.0. The van der Waals surface area contributed by atoms with E-state index in [1.54, 1.807) is 50.7 Å². The number of thiazole rings is 1. The maximum atomic E-state index is 14.6. The lowest BCUT2D eigenvalue weighted by molar-refractivity contribution is -0.149. The molecule has 1 aromatic carbocycles. The number of likely N-dealkylation sites (tertiary alicyclic amines) is 1. The maximum absolute atomic E-state index is 14.6. The van der Waals surface area contributed by atoms with E-state index in [9.17, 15) is 28.8 Å². The number of likely N-dealkylation sites (N-methyl/N-ethyl adjacent to an activating group) is 2. The van der Waals surface area contributed by atoms with Crippen molar-refractivity contribution in [2.24, 2.45) is 29.6 Å². The molecular weight excluding hydrogens is 911 g/mol. The predicted molar refractivity (Wildman–Crippen MR) is 273 cm³/mol. The summed E-state index contributed by atoms with van der Waals surface area (Å²) in [6.45, 7) is 15.0. The van der Waals surface area contributed by atoms with Gasteiger partial charge < -0.3 is 34.1 Å². The Labute approximate surface area is 423 Å². The monoisotopic (exact) mass is 998 g/mol. The van der Waals surface area contributed by atoms with Crippen LogP contribution in [0, 0.1) is 29.6 Å². The standard InChI is InChI=1S/C54H87N5O10S/c1-36(2)43(33-46(62)50(37(3)4)57(8)48(63)25-20-29-69-28-18-13-12-17-23-42(60)35-56-66)54(65)58(9)51(38(5)6)47(67-10)34-49(64)59-27-19-24-44(59)52(68-11)39(7)45(61)32-41(53-55-26-30-70-53)31-40-21-15-14-16-22-40/h14-16,21-22,26,30,36-39,41,43-44,47,50-52,56,66H,12-13,17-20,23-25,27-29,31-35H2,1-11H3/t39-,41+,43-,44-,47+,50-,51-,52+/m0/s1. The third-order valence-corrected chi connectivity index (χ3v) is 15.1. The van der Waals surface area contributed by atoms with Crippen molar-refractivity contribution in [1.82, 2.24) is 25.2 Å². The summed E-state index contributed by atoms with van der Waals surface area (Å²) in [5.74, 6) is -2.34. The number of hydrogen-bond acceptors (Lipinski definition) is 13. The summed E-state index contributed by atoms with van der Waals surface area (Å²) >= 11 is 1.55. The van der Waals surface area contributed by atoms with Crippen molar-refractivity contribution in [2.75, 3.05) is 54.6 Å². The number of unbranched alkanes of at least 4 members (excludes halogenated alkanes) is 3. The fourth-order valence-corrected chi connectivity index (χ4v) is 11.0. The van der Waals surface area contributed by atoms with E-state index in [4.69, 9.17) is 19.4 Å². The molecule has 394 valence electrons. The zero-order chi connectivity index (χ0) is 51.9. The first-order valence-corrected chi connectivity index (χ1v) is 26.6. The molecule has 1 aliphatic rings. The first-order valence-electron chi connectivity index (χ1n) is 25.7. The number of nitrogens with one attached hydrogen (secondary N) is 1. The highest BCUT2D eigenvalue weighted by atomic mass is 32.1. The lowest BCUT2D eigenvalue weighted by atomic mass is 9.84. The number of hydrogen-bond donors (Lipinski definition) is 2. The molecule has 16 heteroatoms. The van der Waals surface area contributed by atoms with Gasteiger partial charge in [0.05, 0.1) is 48.3 Å². The molecule has 0 saturated carbocycles. The Morgan fingerprint density at radius 3 is 2.10 bits per heavy atom. The number of benzene rings is 1. The highest BCUT2D eigenvalue weighted by Crippen LogP contribution is 2.33. The molecule has 0 spiro atoms. The van der Waals surface area contributed by atoms with Gasteiger partial charge in [-0.3, -0.25) is 28.8 Å². The molecule has 8 atom stereocenters. The van der Waals surface area contributed by atoms with Crippen LogP contribution < -0.4 is 5.48 Å². The first-order chi connectivity index (χ1) is 33.4. The Bertz CT molecular complexity index is 1880. The molecule has 2 aromatic rings.